The Kier molecular flexibility index (Phi) is 8.22. The Morgan fingerprint density at radius 2 is 1.44 bits per heavy atom. The maximum Gasteiger partial charge on any atom is 2.00 e. The molecule has 0 bridgehead atoms. The van der Waals surface area contributed by atoms with Crippen molar-refractivity contribution in [3.8, 4) is 45.6 Å². The van der Waals surface area contributed by atoms with E-state index in [1.165, 1.54) is 0 Å². The van der Waals surface area contributed by atoms with Gasteiger partial charge in [-0.15, -0.1) is 35.7 Å². The zero-order valence-corrected chi connectivity index (χ0v) is 27.8. The van der Waals surface area contributed by atoms with Crippen molar-refractivity contribution < 1.29 is 35.3 Å². The summed E-state index contributed by atoms with van der Waals surface area (Å²) in [6.07, 6.45) is 1.83. The number of pyridine rings is 1. The second-order valence-corrected chi connectivity index (χ2v) is 10.6. The van der Waals surface area contributed by atoms with Crippen LogP contribution in [0.15, 0.2) is 91.1 Å². The summed E-state index contributed by atoms with van der Waals surface area (Å²) in [5.74, 6) is 3.42. The smallest absolute Gasteiger partial charge is 0.509 e. The van der Waals surface area contributed by atoms with Gasteiger partial charge in [0.25, 0.3) is 0 Å². The number of nitrogens with zero attached hydrogens (tertiary/aromatic N) is 4. The van der Waals surface area contributed by atoms with Crippen LogP contribution in [0.4, 0.5) is 0 Å². The predicted molar refractivity (Wildman–Crippen MR) is 173 cm³/mol. The normalized spacial score (nSPS) is 11.0. The molecule has 8 heteroatoms. The number of aryl methyl sites for hydroxylation is 2. The number of para-hydroxylation sites is 1. The van der Waals surface area contributed by atoms with E-state index in [2.05, 4.69) is 58.9 Å². The monoisotopic (exact) mass is 773 g/mol. The fraction of sp³-hybridized carbons (Fsp3) is 0.135. The Bertz CT molecular complexity index is 2160. The van der Waals surface area contributed by atoms with E-state index in [9.17, 15) is 0 Å². The molecule has 0 unspecified atom stereocenters. The molecule has 0 saturated carbocycles. The van der Waals surface area contributed by atoms with Crippen LogP contribution in [0, 0.1) is 32.9 Å². The van der Waals surface area contributed by atoms with E-state index in [1.54, 1.807) is 14.2 Å². The first-order chi connectivity index (χ1) is 21.5. The van der Waals surface area contributed by atoms with E-state index in [0.29, 0.717) is 11.5 Å². The van der Waals surface area contributed by atoms with Crippen molar-refractivity contribution in [1.82, 2.24) is 19.3 Å². The summed E-state index contributed by atoms with van der Waals surface area (Å²) in [5.41, 5.74) is 7.45. The number of benzene rings is 4. The molecule has 7 aromatic rings. The van der Waals surface area contributed by atoms with Crippen LogP contribution in [0.5, 0.6) is 23.0 Å². The molecule has 45 heavy (non-hydrogen) atoms. The molecular weight excluding hydrogens is 744 g/mol. The number of aromatic nitrogens is 4. The summed E-state index contributed by atoms with van der Waals surface area (Å²) in [6, 6.07) is 34.9. The SMILES string of the molecule is COc1cccc(OC)c1-c1c(C)nn(-c2[c-]c(Oc3[c-]c4c(cc3)c3ccccc3n4-c3cc(C)ccn3)ccc2)c1C.[Pt+2]. The van der Waals surface area contributed by atoms with Crippen LogP contribution in [-0.4, -0.2) is 33.6 Å². The number of fused-ring (bicyclic) bond motifs is 3. The van der Waals surface area contributed by atoms with Gasteiger partial charge in [0.05, 0.1) is 25.5 Å². The molecule has 0 aliphatic heterocycles. The van der Waals surface area contributed by atoms with Crippen LogP contribution in [0.1, 0.15) is 17.0 Å². The van der Waals surface area contributed by atoms with Gasteiger partial charge in [0.1, 0.15) is 17.3 Å². The van der Waals surface area contributed by atoms with Crippen molar-refractivity contribution >= 4 is 21.8 Å². The molecule has 226 valence electrons. The first-order valence-corrected chi connectivity index (χ1v) is 14.3. The third-order valence-corrected chi connectivity index (χ3v) is 7.86. The van der Waals surface area contributed by atoms with Crippen molar-refractivity contribution in [3.63, 3.8) is 0 Å². The van der Waals surface area contributed by atoms with Gasteiger partial charge < -0.3 is 18.8 Å². The second-order valence-electron chi connectivity index (χ2n) is 10.6. The standard InChI is InChI=1S/C37H30N4O3.Pt/c1-23-18-19-38-35(20-23)40-31-13-7-6-12-29(31)30-17-16-28(22-32(30)40)44-27-11-8-10-26(21-27)41-25(3)36(24(2)39-41)37-33(42-4)14-9-15-34(37)43-5;/h6-20H,1-5H3;/q-2;+2. The van der Waals surface area contributed by atoms with E-state index in [-0.39, 0.29) is 21.1 Å². The Hall–Kier alpha value is -4.87. The number of hydrogen-bond donors (Lipinski definition) is 0. The molecule has 0 spiro atoms. The Morgan fingerprint density at radius 3 is 2.20 bits per heavy atom. The summed E-state index contributed by atoms with van der Waals surface area (Å²) < 4.78 is 21.8. The minimum Gasteiger partial charge on any atom is -0.509 e. The molecule has 0 N–H and O–H groups in total. The number of ether oxygens (including phenoxy) is 3. The molecule has 0 saturated heterocycles. The summed E-state index contributed by atoms with van der Waals surface area (Å²) in [5, 5.41) is 7.09. The molecule has 7 rings (SSSR count). The predicted octanol–water partition coefficient (Wildman–Crippen LogP) is 8.36. The van der Waals surface area contributed by atoms with Gasteiger partial charge in [0, 0.05) is 34.5 Å². The molecule has 4 aromatic carbocycles. The fourth-order valence-electron chi connectivity index (χ4n) is 5.89. The first kappa shape index (κ1) is 30.2. The molecule has 0 aliphatic rings. The van der Waals surface area contributed by atoms with Crippen LogP contribution in [0.3, 0.4) is 0 Å². The van der Waals surface area contributed by atoms with Gasteiger partial charge in [-0.25, -0.2) is 4.98 Å². The van der Waals surface area contributed by atoms with Crippen LogP contribution in [0.25, 0.3) is 44.4 Å². The van der Waals surface area contributed by atoms with Gasteiger partial charge in [-0.1, -0.05) is 29.8 Å². The zero-order chi connectivity index (χ0) is 30.4. The number of hydrogen-bond acceptors (Lipinski definition) is 5. The van der Waals surface area contributed by atoms with Gasteiger partial charge in [0.2, 0.25) is 0 Å². The molecule has 0 atom stereocenters. The molecular formula is C37H30N4O3Pt. The maximum absolute atomic E-state index is 6.37. The molecule has 0 aliphatic carbocycles. The Morgan fingerprint density at radius 1 is 0.711 bits per heavy atom. The van der Waals surface area contributed by atoms with Gasteiger partial charge in [-0.3, -0.25) is 4.68 Å². The molecule has 0 fully saturated rings. The van der Waals surface area contributed by atoms with Gasteiger partial charge in [0.15, 0.2) is 0 Å². The Labute approximate surface area is 276 Å². The third-order valence-electron chi connectivity index (χ3n) is 7.86. The third kappa shape index (κ3) is 5.27. The van der Waals surface area contributed by atoms with Gasteiger partial charge in [-0.05, 0) is 67.7 Å². The largest absolute Gasteiger partial charge is 2.00 e. The Balaban J connectivity index is 0.00000357. The maximum atomic E-state index is 6.37. The molecule has 3 aromatic heterocycles. The topological polar surface area (TPSA) is 63.3 Å². The van der Waals surface area contributed by atoms with Crippen molar-refractivity contribution in [2.75, 3.05) is 14.2 Å². The van der Waals surface area contributed by atoms with Crippen LogP contribution in [-0.2, 0) is 21.1 Å². The average Bonchev–Trinajstić information content (AvgIpc) is 3.53. The quantitative estimate of drug-likeness (QED) is 0.153. The second kappa shape index (κ2) is 12.3. The van der Waals surface area contributed by atoms with Crippen LogP contribution in [0.2, 0.25) is 0 Å². The van der Waals surface area contributed by atoms with Crippen molar-refractivity contribution in [1.29, 1.82) is 0 Å². The van der Waals surface area contributed by atoms with Crippen LogP contribution < -0.4 is 14.2 Å². The molecule has 3 heterocycles. The molecule has 7 nitrogen and oxygen atoms in total. The first-order valence-electron chi connectivity index (χ1n) is 14.3. The van der Waals surface area contributed by atoms with E-state index < -0.39 is 0 Å². The minimum atomic E-state index is 0. The summed E-state index contributed by atoms with van der Waals surface area (Å²) in [4.78, 5) is 4.67. The molecule has 0 amide bonds. The minimum absolute atomic E-state index is 0. The fourth-order valence-corrected chi connectivity index (χ4v) is 5.89. The van der Waals surface area contributed by atoms with Gasteiger partial charge in [-0.2, -0.15) is 17.2 Å². The van der Waals surface area contributed by atoms with E-state index in [0.717, 1.165) is 72.9 Å². The van der Waals surface area contributed by atoms with E-state index in [4.69, 9.17) is 19.3 Å². The average molecular weight is 774 g/mol. The number of rotatable bonds is 7. The summed E-state index contributed by atoms with van der Waals surface area (Å²) >= 11 is 0. The van der Waals surface area contributed by atoms with E-state index in [1.807, 2.05) is 79.3 Å². The van der Waals surface area contributed by atoms with Gasteiger partial charge >= 0.3 is 21.1 Å². The summed E-state index contributed by atoms with van der Waals surface area (Å²) in [6.45, 7) is 6.08. The van der Waals surface area contributed by atoms with Crippen molar-refractivity contribution in [2.24, 2.45) is 0 Å². The van der Waals surface area contributed by atoms with Crippen molar-refractivity contribution in [2.45, 2.75) is 20.8 Å². The van der Waals surface area contributed by atoms with Crippen LogP contribution >= 0.6 is 0 Å². The summed E-state index contributed by atoms with van der Waals surface area (Å²) in [7, 11) is 3.32. The molecule has 0 radical (unpaired) electrons. The number of methoxy groups -OCH3 is 2. The van der Waals surface area contributed by atoms with Crippen molar-refractivity contribution in [3.05, 3.63) is 120 Å². The van der Waals surface area contributed by atoms with E-state index >= 15 is 0 Å². The zero-order valence-electron chi connectivity index (χ0n) is 25.5.